The average molecular weight is 291 g/mol. The van der Waals surface area contributed by atoms with Gasteiger partial charge in [-0.25, -0.2) is 0 Å². The first-order chi connectivity index (χ1) is 9.72. The van der Waals surface area contributed by atoms with E-state index >= 15 is 0 Å². The van der Waals surface area contributed by atoms with Gasteiger partial charge in [0.2, 0.25) is 0 Å². The zero-order valence-corrected chi connectivity index (χ0v) is 15.1. The lowest BCUT2D eigenvalue weighted by molar-refractivity contribution is 0.241. The summed E-state index contributed by atoms with van der Waals surface area (Å²) < 4.78 is 0. The molecule has 0 saturated heterocycles. The highest BCUT2D eigenvalue weighted by Gasteiger charge is 2.17. The molecule has 2 unspecified atom stereocenters. The van der Waals surface area contributed by atoms with Crippen molar-refractivity contribution in [1.82, 2.24) is 15.2 Å². The third-order valence-corrected chi connectivity index (χ3v) is 4.15. The maximum Gasteiger partial charge on any atom is 0.0426 e. The zero-order valence-electron chi connectivity index (χ0n) is 15.1. The number of nitrogens with zero attached hydrogens (tertiary/aromatic N) is 2. The molecule has 0 aliphatic rings. The van der Waals surface area contributed by atoms with E-state index in [0.29, 0.717) is 12.1 Å². The Bertz CT molecular complexity index is 429. The van der Waals surface area contributed by atoms with Crippen LogP contribution in [0.25, 0.3) is 0 Å². The van der Waals surface area contributed by atoms with E-state index in [1.165, 1.54) is 17.5 Å². The van der Waals surface area contributed by atoms with Crippen LogP contribution in [0.15, 0.2) is 6.07 Å². The predicted molar refractivity (Wildman–Crippen MR) is 91.8 cm³/mol. The summed E-state index contributed by atoms with van der Waals surface area (Å²) in [5.74, 6) is 0.721. The van der Waals surface area contributed by atoms with Crippen molar-refractivity contribution in [2.45, 2.75) is 60.0 Å². The Kier molecular flexibility index (Phi) is 6.82. The van der Waals surface area contributed by atoms with Crippen molar-refractivity contribution in [3.63, 3.8) is 0 Å². The van der Waals surface area contributed by atoms with Crippen LogP contribution >= 0.6 is 0 Å². The normalized spacial score (nSPS) is 14.8. The Morgan fingerprint density at radius 3 is 2.24 bits per heavy atom. The minimum Gasteiger partial charge on any atom is -0.309 e. The number of aryl methyl sites for hydroxylation is 3. The number of likely N-dealkylation sites (N-methyl/N-ethyl adjacent to an activating group) is 1. The van der Waals surface area contributed by atoms with Gasteiger partial charge in [0.25, 0.3) is 0 Å². The van der Waals surface area contributed by atoms with Crippen molar-refractivity contribution >= 4 is 0 Å². The highest BCUT2D eigenvalue weighted by atomic mass is 15.1. The van der Waals surface area contributed by atoms with Gasteiger partial charge in [-0.2, -0.15) is 0 Å². The van der Waals surface area contributed by atoms with Gasteiger partial charge >= 0.3 is 0 Å². The third kappa shape index (κ3) is 5.40. The minimum atomic E-state index is 0.340. The molecule has 0 bridgehead atoms. The predicted octanol–water partition coefficient (Wildman–Crippen LogP) is 3.63. The van der Waals surface area contributed by atoms with E-state index in [2.05, 4.69) is 76.9 Å². The molecule has 3 heteroatoms. The van der Waals surface area contributed by atoms with Crippen molar-refractivity contribution in [3.05, 3.63) is 28.6 Å². The smallest absolute Gasteiger partial charge is 0.0426 e. The van der Waals surface area contributed by atoms with Gasteiger partial charge < -0.3 is 10.2 Å². The second kappa shape index (κ2) is 7.90. The molecule has 0 aliphatic heterocycles. The van der Waals surface area contributed by atoms with Crippen molar-refractivity contribution in [1.29, 1.82) is 0 Å². The fourth-order valence-corrected chi connectivity index (χ4v) is 3.12. The monoisotopic (exact) mass is 291 g/mol. The molecule has 2 atom stereocenters. The van der Waals surface area contributed by atoms with Gasteiger partial charge in [0.15, 0.2) is 0 Å². The van der Waals surface area contributed by atoms with Gasteiger partial charge in [-0.15, -0.1) is 0 Å². The second-order valence-electron chi connectivity index (χ2n) is 6.96. The van der Waals surface area contributed by atoms with Crippen molar-refractivity contribution in [2.24, 2.45) is 5.92 Å². The molecule has 1 rings (SSSR count). The number of aromatic nitrogens is 1. The molecule has 0 radical (unpaired) electrons. The summed E-state index contributed by atoms with van der Waals surface area (Å²) in [6, 6.07) is 3.09. The van der Waals surface area contributed by atoms with E-state index in [9.17, 15) is 0 Å². The van der Waals surface area contributed by atoms with Crippen LogP contribution < -0.4 is 5.32 Å². The van der Waals surface area contributed by atoms with Crippen LogP contribution in [-0.4, -0.2) is 36.6 Å². The highest BCUT2D eigenvalue weighted by molar-refractivity contribution is 5.33. The lowest BCUT2D eigenvalue weighted by atomic mass is 9.99. The Labute approximate surface area is 131 Å². The topological polar surface area (TPSA) is 28.2 Å². The molecule has 1 aromatic rings. The fourth-order valence-electron chi connectivity index (χ4n) is 3.12. The summed E-state index contributed by atoms with van der Waals surface area (Å²) in [7, 11) is 4.34. The molecule has 0 aromatic carbocycles. The lowest BCUT2D eigenvalue weighted by Gasteiger charge is -2.28. The van der Waals surface area contributed by atoms with Crippen LogP contribution in [-0.2, 0) is 0 Å². The Balaban J connectivity index is 2.75. The van der Waals surface area contributed by atoms with Crippen molar-refractivity contribution in [2.75, 3.05) is 20.6 Å². The summed E-state index contributed by atoms with van der Waals surface area (Å²) in [6.45, 7) is 14.2. The van der Waals surface area contributed by atoms with Gasteiger partial charge in [-0.05, 0) is 71.3 Å². The molecule has 0 saturated carbocycles. The molecule has 1 heterocycles. The van der Waals surface area contributed by atoms with Crippen LogP contribution in [0.1, 0.15) is 55.7 Å². The lowest BCUT2D eigenvalue weighted by Crippen LogP contribution is -2.39. The Hall–Kier alpha value is -0.930. The van der Waals surface area contributed by atoms with E-state index in [0.717, 1.165) is 23.9 Å². The number of rotatable bonds is 7. The highest BCUT2D eigenvalue weighted by Crippen LogP contribution is 2.21. The quantitative estimate of drug-likeness (QED) is 0.831. The first kappa shape index (κ1) is 18.1. The van der Waals surface area contributed by atoms with Crippen LogP contribution in [0.3, 0.4) is 0 Å². The van der Waals surface area contributed by atoms with Gasteiger partial charge in [0.1, 0.15) is 0 Å². The number of pyridine rings is 1. The molecule has 1 N–H and O–H groups in total. The van der Waals surface area contributed by atoms with Crippen molar-refractivity contribution < 1.29 is 0 Å². The Morgan fingerprint density at radius 1 is 1.14 bits per heavy atom. The fraction of sp³-hybridized carbons (Fsp3) is 0.722. The summed E-state index contributed by atoms with van der Waals surface area (Å²) in [5, 5.41) is 3.71. The zero-order chi connectivity index (χ0) is 16.2. The molecular formula is C18H33N3. The summed E-state index contributed by atoms with van der Waals surface area (Å²) in [4.78, 5) is 6.94. The second-order valence-corrected chi connectivity index (χ2v) is 6.96. The third-order valence-electron chi connectivity index (χ3n) is 4.15. The summed E-state index contributed by atoms with van der Waals surface area (Å²) in [6.07, 6.45) is 1.22. The largest absolute Gasteiger partial charge is 0.309 e. The van der Waals surface area contributed by atoms with E-state index in [1.807, 2.05) is 0 Å². The number of nitrogens with one attached hydrogen (secondary N) is 1. The van der Waals surface area contributed by atoms with Crippen LogP contribution in [0.2, 0.25) is 0 Å². The summed E-state index contributed by atoms with van der Waals surface area (Å²) in [5.41, 5.74) is 4.94. The average Bonchev–Trinajstić information content (AvgIpc) is 2.32. The van der Waals surface area contributed by atoms with Crippen LogP contribution in [0.5, 0.6) is 0 Å². The minimum absolute atomic E-state index is 0.340. The van der Waals surface area contributed by atoms with E-state index in [-0.39, 0.29) is 0 Å². The maximum absolute atomic E-state index is 4.62. The van der Waals surface area contributed by atoms with E-state index in [1.54, 1.807) is 0 Å². The van der Waals surface area contributed by atoms with Gasteiger partial charge in [0, 0.05) is 30.0 Å². The molecule has 0 aliphatic carbocycles. The molecule has 3 nitrogen and oxygen atoms in total. The molecule has 0 spiro atoms. The van der Waals surface area contributed by atoms with Crippen LogP contribution in [0.4, 0.5) is 0 Å². The van der Waals surface area contributed by atoms with E-state index < -0.39 is 0 Å². The first-order valence-corrected chi connectivity index (χ1v) is 8.06. The number of hydrogen-bond donors (Lipinski definition) is 1. The van der Waals surface area contributed by atoms with E-state index in [4.69, 9.17) is 0 Å². The standard InChI is InChI=1S/C18H33N3/c1-12(2)9-17(21(7)8)11-19-15(5)18-13(3)10-14(4)20-16(18)6/h10,12,15,17,19H,9,11H2,1-8H3. The van der Waals surface area contributed by atoms with Gasteiger partial charge in [0.05, 0.1) is 0 Å². The molecular weight excluding hydrogens is 258 g/mol. The summed E-state index contributed by atoms with van der Waals surface area (Å²) >= 11 is 0. The molecule has 120 valence electrons. The SMILES string of the molecule is Cc1cc(C)c(C(C)NCC(CC(C)C)N(C)C)c(C)n1. The van der Waals surface area contributed by atoms with Gasteiger partial charge in [-0.3, -0.25) is 4.98 Å². The van der Waals surface area contributed by atoms with Crippen LogP contribution in [0, 0.1) is 26.7 Å². The molecule has 1 aromatic heterocycles. The van der Waals surface area contributed by atoms with Crippen molar-refractivity contribution in [3.8, 4) is 0 Å². The maximum atomic E-state index is 4.62. The number of hydrogen-bond acceptors (Lipinski definition) is 3. The van der Waals surface area contributed by atoms with Gasteiger partial charge in [-0.1, -0.05) is 13.8 Å². The Morgan fingerprint density at radius 2 is 1.76 bits per heavy atom. The molecule has 0 amide bonds. The molecule has 0 fully saturated rings. The first-order valence-electron chi connectivity index (χ1n) is 8.06. The molecule has 21 heavy (non-hydrogen) atoms.